The van der Waals surface area contributed by atoms with Gasteiger partial charge in [-0.15, -0.1) is 0 Å². The van der Waals surface area contributed by atoms with Gasteiger partial charge in [-0.05, 0) is 58.8 Å². The highest BCUT2D eigenvalue weighted by molar-refractivity contribution is 9.10. The third kappa shape index (κ3) is 2.42. The van der Waals surface area contributed by atoms with Crippen molar-refractivity contribution in [2.45, 2.75) is 46.1 Å². The maximum absolute atomic E-state index is 3.75. The van der Waals surface area contributed by atoms with Crippen LogP contribution in [-0.2, 0) is 6.42 Å². The number of hydrogen-bond donors (Lipinski definition) is 2. The highest BCUT2D eigenvalue weighted by Crippen LogP contribution is 2.44. The minimum absolute atomic E-state index is 0.353. The minimum Gasteiger partial charge on any atom is -0.357 e. The molecule has 1 aromatic carbocycles. The van der Waals surface area contributed by atoms with Crippen molar-refractivity contribution in [1.29, 1.82) is 0 Å². The van der Waals surface area contributed by atoms with E-state index in [-0.39, 0.29) is 0 Å². The number of fused-ring (bicyclic) bond motifs is 3. The Hall–Kier alpha value is -0.800. The van der Waals surface area contributed by atoms with Crippen LogP contribution < -0.4 is 5.32 Å². The number of benzene rings is 1. The van der Waals surface area contributed by atoms with Crippen LogP contribution in [0.2, 0.25) is 0 Å². The van der Waals surface area contributed by atoms with Crippen LogP contribution in [-0.4, -0.2) is 11.5 Å². The molecule has 0 bridgehead atoms. The van der Waals surface area contributed by atoms with E-state index in [1.165, 1.54) is 35.0 Å². The SMILES string of the molecule is CCCNC1CC(C)(C)Cc2[nH]c3c(Br)cccc3c21. The molecule has 108 valence electrons. The fraction of sp³-hybridized carbons (Fsp3) is 0.529. The second-order valence-electron chi connectivity index (χ2n) is 6.73. The Labute approximate surface area is 129 Å². The summed E-state index contributed by atoms with van der Waals surface area (Å²) in [7, 11) is 0. The van der Waals surface area contributed by atoms with Gasteiger partial charge in [-0.3, -0.25) is 0 Å². The van der Waals surface area contributed by atoms with E-state index in [4.69, 9.17) is 0 Å². The van der Waals surface area contributed by atoms with E-state index < -0.39 is 0 Å². The molecule has 0 fully saturated rings. The summed E-state index contributed by atoms with van der Waals surface area (Å²) >= 11 is 3.67. The second kappa shape index (κ2) is 5.19. The van der Waals surface area contributed by atoms with Crippen LogP contribution in [0.15, 0.2) is 22.7 Å². The highest BCUT2D eigenvalue weighted by Gasteiger charge is 2.34. The molecular weight excluding hydrogens is 312 g/mol. The van der Waals surface area contributed by atoms with Crippen LogP contribution in [0.25, 0.3) is 10.9 Å². The number of nitrogens with one attached hydrogen (secondary N) is 2. The van der Waals surface area contributed by atoms with Crippen molar-refractivity contribution in [1.82, 2.24) is 10.3 Å². The van der Waals surface area contributed by atoms with Gasteiger partial charge in [0, 0.05) is 21.6 Å². The van der Waals surface area contributed by atoms with E-state index >= 15 is 0 Å². The number of aromatic amines is 1. The summed E-state index contributed by atoms with van der Waals surface area (Å²) in [5.41, 5.74) is 4.51. The lowest BCUT2D eigenvalue weighted by Gasteiger charge is -2.36. The van der Waals surface area contributed by atoms with Crippen LogP contribution in [0.4, 0.5) is 0 Å². The molecule has 1 heterocycles. The standard InChI is InChI=1S/C17H23BrN2/c1-4-8-19-13-9-17(2,3)10-14-15(13)11-6-5-7-12(18)16(11)20-14/h5-7,13,19-20H,4,8-10H2,1-3H3. The van der Waals surface area contributed by atoms with E-state index in [2.05, 4.69) is 65.2 Å². The molecule has 0 saturated heterocycles. The first-order chi connectivity index (χ1) is 9.52. The summed E-state index contributed by atoms with van der Waals surface area (Å²) < 4.78 is 1.16. The summed E-state index contributed by atoms with van der Waals surface area (Å²) in [4.78, 5) is 3.66. The third-order valence-electron chi connectivity index (χ3n) is 4.31. The lowest BCUT2D eigenvalue weighted by molar-refractivity contribution is 0.257. The van der Waals surface area contributed by atoms with Gasteiger partial charge in [-0.25, -0.2) is 0 Å². The normalized spacial score (nSPS) is 21.1. The molecule has 1 aromatic heterocycles. The molecule has 3 heteroatoms. The molecule has 3 rings (SSSR count). The van der Waals surface area contributed by atoms with E-state index in [0.717, 1.165) is 17.4 Å². The lowest BCUT2D eigenvalue weighted by atomic mass is 9.74. The van der Waals surface area contributed by atoms with E-state index in [1.54, 1.807) is 0 Å². The zero-order chi connectivity index (χ0) is 14.3. The molecule has 1 aliphatic rings. The summed E-state index contributed by atoms with van der Waals surface area (Å²) in [6.45, 7) is 8.06. The van der Waals surface area contributed by atoms with Gasteiger partial charge >= 0.3 is 0 Å². The third-order valence-corrected chi connectivity index (χ3v) is 4.97. The quantitative estimate of drug-likeness (QED) is 0.817. The van der Waals surface area contributed by atoms with E-state index in [1.807, 2.05) is 0 Å². The molecule has 0 saturated carbocycles. The first kappa shape index (κ1) is 14.2. The second-order valence-corrected chi connectivity index (χ2v) is 7.59. The van der Waals surface area contributed by atoms with E-state index in [9.17, 15) is 0 Å². The van der Waals surface area contributed by atoms with Crippen LogP contribution >= 0.6 is 15.9 Å². The average Bonchev–Trinajstić information content (AvgIpc) is 2.74. The lowest BCUT2D eigenvalue weighted by Crippen LogP contribution is -2.33. The molecule has 2 nitrogen and oxygen atoms in total. The van der Waals surface area contributed by atoms with Crippen LogP contribution in [0, 0.1) is 5.41 Å². The summed E-state index contributed by atoms with van der Waals surface area (Å²) in [6, 6.07) is 6.96. The van der Waals surface area contributed by atoms with Gasteiger partial charge in [-0.1, -0.05) is 32.9 Å². The summed E-state index contributed by atoms with van der Waals surface area (Å²) in [6.07, 6.45) is 3.52. The van der Waals surface area contributed by atoms with Gasteiger partial charge in [0.15, 0.2) is 0 Å². The van der Waals surface area contributed by atoms with Gasteiger partial charge in [0.1, 0.15) is 0 Å². The van der Waals surface area contributed by atoms with Crippen LogP contribution in [0.1, 0.15) is 50.9 Å². The molecule has 0 spiro atoms. The number of halogens is 1. The maximum Gasteiger partial charge on any atom is 0.0603 e. The van der Waals surface area contributed by atoms with Gasteiger partial charge in [0.25, 0.3) is 0 Å². The van der Waals surface area contributed by atoms with Crippen molar-refractivity contribution in [2.75, 3.05) is 6.54 Å². The minimum atomic E-state index is 0.353. The fourth-order valence-electron chi connectivity index (χ4n) is 3.49. The largest absolute Gasteiger partial charge is 0.357 e. The topological polar surface area (TPSA) is 27.8 Å². The Morgan fingerprint density at radius 2 is 2.20 bits per heavy atom. The van der Waals surface area contributed by atoms with Gasteiger partial charge < -0.3 is 10.3 Å². The zero-order valence-electron chi connectivity index (χ0n) is 12.5. The summed E-state index contributed by atoms with van der Waals surface area (Å²) in [5, 5.41) is 5.12. The molecule has 1 unspecified atom stereocenters. The molecule has 1 aliphatic carbocycles. The van der Waals surface area contributed by atoms with Crippen molar-refractivity contribution in [3.8, 4) is 0 Å². The summed E-state index contributed by atoms with van der Waals surface area (Å²) in [5.74, 6) is 0. The molecule has 0 radical (unpaired) electrons. The zero-order valence-corrected chi connectivity index (χ0v) is 14.1. The van der Waals surface area contributed by atoms with Gasteiger partial charge in [0.05, 0.1) is 5.52 Å². The number of para-hydroxylation sites is 1. The van der Waals surface area contributed by atoms with Gasteiger partial charge in [-0.2, -0.15) is 0 Å². The Balaban J connectivity index is 2.13. The van der Waals surface area contributed by atoms with Crippen molar-refractivity contribution in [3.63, 3.8) is 0 Å². The number of hydrogen-bond acceptors (Lipinski definition) is 1. The molecular formula is C17H23BrN2. The van der Waals surface area contributed by atoms with Gasteiger partial charge in [0.2, 0.25) is 0 Å². The molecule has 0 amide bonds. The monoisotopic (exact) mass is 334 g/mol. The maximum atomic E-state index is 3.75. The number of aromatic nitrogens is 1. The predicted molar refractivity (Wildman–Crippen MR) is 89.1 cm³/mol. The van der Waals surface area contributed by atoms with Crippen molar-refractivity contribution >= 4 is 26.8 Å². The van der Waals surface area contributed by atoms with E-state index in [0.29, 0.717) is 11.5 Å². The van der Waals surface area contributed by atoms with Crippen molar-refractivity contribution in [3.05, 3.63) is 33.9 Å². The first-order valence-corrected chi connectivity index (χ1v) is 8.33. The molecule has 1 atom stereocenters. The first-order valence-electron chi connectivity index (χ1n) is 7.54. The Morgan fingerprint density at radius 1 is 1.40 bits per heavy atom. The molecule has 2 N–H and O–H groups in total. The Bertz CT molecular complexity index is 627. The smallest absolute Gasteiger partial charge is 0.0603 e. The van der Waals surface area contributed by atoms with Crippen molar-refractivity contribution in [2.24, 2.45) is 5.41 Å². The average molecular weight is 335 g/mol. The van der Waals surface area contributed by atoms with Crippen LogP contribution in [0.5, 0.6) is 0 Å². The Kier molecular flexibility index (Phi) is 3.67. The molecule has 2 aromatic rings. The van der Waals surface area contributed by atoms with Crippen LogP contribution in [0.3, 0.4) is 0 Å². The fourth-order valence-corrected chi connectivity index (χ4v) is 3.96. The molecule has 0 aliphatic heterocycles. The number of rotatable bonds is 3. The predicted octanol–water partition coefficient (Wildman–Crippen LogP) is 4.94. The van der Waals surface area contributed by atoms with Crippen molar-refractivity contribution < 1.29 is 0 Å². The highest BCUT2D eigenvalue weighted by atomic mass is 79.9. The Morgan fingerprint density at radius 3 is 2.95 bits per heavy atom. The molecule has 20 heavy (non-hydrogen) atoms. The number of H-pyrrole nitrogens is 1.